The first-order chi connectivity index (χ1) is 8.98. The highest BCUT2D eigenvalue weighted by molar-refractivity contribution is 9.10. The number of halogens is 1. The van der Waals surface area contributed by atoms with Gasteiger partial charge in [-0.3, -0.25) is 4.79 Å². The van der Waals surface area contributed by atoms with Crippen LogP contribution in [0.1, 0.15) is 12.8 Å². The molecule has 1 aliphatic rings. The van der Waals surface area contributed by atoms with Crippen LogP contribution in [-0.2, 0) is 14.8 Å². The molecule has 1 N–H and O–H groups in total. The predicted molar refractivity (Wildman–Crippen MR) is 75.1 cm³/mol. The lowest BCUT2D eigenvalue weighted by Gasteiger charge is -2.23. The van der Waals surface area contributed by atoms with Crippen LogP contribution in [-0.4, -0.2) is 38.3 Å². The molecule has 0 spiro atoms. The van der Waals surface area contributed by atoms with Gasteiger partial charge in [0.25, 0.3) is 0 Å². The highest BCUT2D eigenvalue weighted by atomic mass is 79.9. The Hall–Kier alpha value is -0.920. The van der Waals surface area contributed by atoms with Gasteiger partial charge >= 0.3 is 0 Å². The Labute approximate surface area is 121 Å². The Bertz CT molecular complexity index is 588. The van der Waals surface area contributed by atoms with Crippen molar-refractivity contribution in [1.29, 1.82) is 0 Å². The SMILES string of the molecule is CNC(=O)C1CCCN1S(=O)(=O)c1ccccc1Br. The summed E-state index contributed by atoms with van der Waals surface area (Å²) >= 11 is 3.25. The lowest BCUT2D eigenvalue weighted by atomic mass is 10.2. The Kier molecular flexibility index (Phi) is 4.27. The lowest BCUT2D eigenvalue weighted by molar-refractivity contribution is -0.123. The van der Waals surface area contributed by atoms with Gasteiger partial charge in [0.1, 0.15) is 6.04 Å². The summed E-state index contributed by atoms with van der Waals surface area (Å²) in [7, 11) is -2.13. The number of nitrogens with one attached hydrogen (secondary N) is 1. The summed E-state index contributed by atoms with van der Waals surface area (Å²) in [5, 5.41) is 2.52. The molecule has 1 aliphatic heterocycles. The number of rotatable bonds is 3. The monoisotopic (exact) mass is 346 g/mol. The number of hydrogen-bond acceptors (Lipinski definition) is 3. The molecule has 1 saturated heterocycles. The first-order valence-electron chi connectivity index (χ1n) is 5.96. The number of benzene rings is 1. The van der Waals surface area contributed by atoms with E-state index in [0.29, 0.717) is 23.9 Å². The molecule has 0 bridgehead atoms. The van der Waals surface area contributed by atoms with Crippen LogP contribution in [0.15, 0.2) is 33.6 Å². The van der Waals surface area contributed by atoms with E-state index in [1.165, 1.54) is 11.4 Å². The van der Waals surface area contributed by atoms with Gasteiger partial charge in [0, 0.05) is 18.1 Å². The Morgan fingerprint density at radius 1 is 1.42 bits per heavy atom. The van der Waals surface area contributed by atoms with Gasteiger partial charge in [-0.1, -0.05) is 12.1 Å². The minimum absolute atomic E-state index is 0.200. The molecule has 1 fully saturated rings. The topological polar surface area (TPSA) is 66.5 Å². The molecule has 1 aromatic rings. The maximum Gasteiger partial charge on any atom is 0.244 e. The van der Waals surface area contributed by atoms with Gasteiger partial charge in [-0.2, -0.15) is 4.31 Å². The predicted octanol–water partition coefficient (Wildman–Crippen LogP) is 1.35. The van der Waals surface area contributed by atoms with E-state index in [4.69, 9.17) is 0 Å². The zero-order valence-electron chi connectivity index (χ0n) is 10.5. The van der Waals surface area contributed by atoms with E-state index in [1.807, 2.05) is 0 Å². The maximum atomic E-state index is 12.6. The molecule has 7 heteroatoms. The standard InChI is InChI=1S/C12H15BrN2O3S/c1-14-12(16)10-6-4-8-15(10)19(17,18)11-7-3-2-5-9(11)13/h2-3,5,7,10H,4,6,8H2,1H3,(H,14,16). The fourth-order valence-electron chi connectivity index (χ4n) is 2.24. The normalized spacial score (nSPS) is 20.4. The van der Waals surface area contributed by atoms with Crippen LogP contribution < -0.4 is 5.32 Å². The Morgan fingerprint density at radius 2 is 2.11 bits per heavy atom. The fraction of sp³-hybridized carbons (Fsp3) is 0.417. The summed E-state index contributed by atoms with van der Waals surface area (Å²) in [6.45, 7) is 0.377. The van der Waals surface area contributed by atoms with Crippen LogP contribution in [0.2, 0.25) is 0 Å². The summed E-state index contributed by atoms with van der Waals surface area (Å²) in [5.41, 5.74) is 0. The van der Waals surface area contributed by atoms with E-state index in [-0.39, 0.29) is 10.8 Å². The molecule has 1 aromatic carbocycles. The number of hydrogen-bond donors (Lipinski definition) is 1. The molecule has 1 amide bonds. The van der Waals surface area contributed by atoms with E-state index >= 15 is 0 Å². The van der Waals surface area contributed by atoms with Gasteiger partial charge in [-0.05, 0) is 40.9 Å². The molecule has 104 valence electrons. The third kappa shape index (κ3) is 2.68. The second-order valence-corrected chi connectivity index (χ2v) is 7.03. The smallest absolute Gasteiger partial charge is 0.244 e. The first-order valence-corrected chi connectivity index (χ1v) is 8.19. The van der Waals surface area contributed by atoms with Crippen molar-refractivity contribution in [3.8, 4) is 0 Å². The summed E-state index contributed by atoms with van der Waals surface area (Å²) in [5.74, 6) is -0.256. The average Bonchev–Trinajstić information content (AvgIpc) is 2.88. The molecule has 0 aromatic heterocycles. The van der Waals surface area contributed by atoms with Gasteiger partial charge in [0.2, 0.25) is 15.9 Å². The van der Waals surface area contributed by atoms with Crippen molar-refractivity contribution in [3.05, 3.63) is 28.7 Å². The Morgan fingerprint density at radius 3 is 2.74 bits per heavy atom. The number of sulfonamides is 1. The van der Waals surface area contributed by atoms with Crippen molar-refractivity contribution in [2.24, 2.45) is 0 Å². The molecule has 1 atom stereocenters. The van der Waals surface area contributed by atoms with Crippen LogP contribution in [0.5, 0.6) is 0 Å². The molecular weight excluding hydrogens is 332 g/mol. The quantitative estimate of drug-likeness (QED) is 0.898. The summed E-state index contributed by atoms with van der Waals surface area (Å²) in [6.07, 6.45) is 1.26. The fourth-order valence-corrected chi connectivity index (χ4v) is 4.86. The van der Waals surface area contributed by atoms with E-state index < -0.39 is 16.1 Å². The van der Waals surface area contributed by atoms with Crippen molar-refractivity contribution < 1.29 is 13.2 Å². The molecule has 5 nitrogen and oxygen atoms in total. The number of amides is 1. The minimum Gasteiger partial charge on any atom is -0.358 e. The first kappa shape index (κ1) is 14.5. The zero-order chi connectivity index (χ0) is 14.0. The molecule has 1 unspecified atom stereocenters. The van der Waals surface area contributed by atoms with Gasteiger partial charge in [0.05, 0.1) is 4.90 Å². The molecule has 0 radical (unpaired) electrons. The van der Waals surface area contributed by atoms with Crippen molar-refractivity contribution in [2.75, 3.05) is 13.6 Å². The second kappa shape index (κ2) is 5.60. The average molecular weight is 347 g/mol. The highest BCUT2D eigenvalue weighted by Gasteiger charge is 2.39. The van der Waals surface area contributed by atoms with Gasteiger partial charge in [-0.15, -0.1) is 0 Å². The summed E-state index contributed by atoms with van der Waals surface area (Å²) in [6, 6.07) is 6.03. The van der Waals surface area contributed by atoms with Crippen molar-refractivity contribution in [1.82, 2.24) is 9.62 Å². The van der Waals surface area contributed by atoms with Crippen LogP contribution in [0.4, 0.5) is 0 Å². The number of likely N-dealkylation sites (N-methyl/N-ethyl adjacent to an activating group) is 1. The van der Waals surface area contributed by atoms with Crippen LogP contribution >= 0.6 is 15.9 Å². The van der Waals surface area contributed by atoms with E-state index in [2.05, 4.69) is 21.2 Å². The van der Waals surface area contributed by atoms with Crippen molar-refractivity contribution in [2.45, 2.75) is 23.8 Å². The van der Waals surface area contributed by atoms with Gasteiger partial charge in [-0.25, -0.2) is 8.42 Å². The molecule has 1 heterocycles. The lowest BCUT2D eigenvalue weighted by Crippen LogP contribution is -2.44. The van der Waals surface area contributed by atoms with Crippen LogP contribution in [0.25, 0.3) is 0 Å². The Balaban J connectivity index is 2.40. The molecule has 0 saturated carbocycles. The largest absolute Gasteiger partial charge is 0.358 e. The molecule has 19 heavy (non-hydrogen) atoms. The third-order valence-electron chi connectivity index (χ3n) is 3.18. The van der Waals surface area contributed by atoms with E-state index in [1.54, 1.807) is 24.3 Å². The van der Waals surface area contributed by atoms with Crippen molar-refractivity contribution in [3.63, 3.8) is 0 Å². The zero-order valence-corrected chi connectivity index (χ0v) is 12.9. The highest BCUT2D eigenvalue weighted by Crippen LogP contribution is 2.30. The molecular formula is C12H15BrN2O3S. The van der Waals surface area contributed by atoms with Crippen LogP contribution in [0.3, 0.4) is 0 Å². The molecule has 2 rings (SSSR count). The number of carbonyl (C=O) groups excluding carboxylic acids is 1. The minimum atomic E-state index is -3.65. The van der Waals surface area contributed by atoms with E-state index in [9.17, 15) is 13.2 Å². The molecule has 0 aliphatic carbocycles. The maximum absolute atomic E-state index is 12.6. The second-order valence-electron chi connectivity index (χ2n) is 4.32. The van der Waals surface area contributed by atoms with E-state index in [0.717, 1.165) is 0 Å². The number of carbonyl (C=O) groups is 1. The number of nitrogens with zero attached hydrogens (tertiary/aromatic N) is 1. The van der Waals surface area contributed by atoms with Crippen LogP contribution in [0, 0.1) is 0 Å². The summed E-state index contributed by atoms with van der Waals surface area (Å²) < 4.78 is 27.0. The third-order valence-corrected chi connectivity index (χ3v) is 6.10. The summed E-state index contributed by atoms with van der Waals surface area (Å²) in [4.78, 5) is 12.0. The van der Waals surface area contributed by atoms with Gasteiger partial charge < -0.3 is 5.32 Å². The van der Waals surface area contributed by atoms with Crippen molar-refractivity contribution >= 4 is 31.9 Å². The van der Waals surface area contributed by atoms with Gasteiger partial charge in [0.15, 0.2) is 0 Å².